The van der Waals surface area contributed by atoms with Crippen LogP contribution in [0.2, 0.25) is 19.6 Å². The summed E-state index contributed by atoms with van der Waals surface area (Å²) < 4.78 is 6.72. The van der Waals surface area contributed by atoms with Crippen LogP contribution in [0.25, 0.3) is 89.5 Å². The maximum absolute atomic E-state index is 6.72. The molecular weight excluding hydrogens is 663 g/mol. The summed E-state index contributed by atoms with van der Waals surface area (Å²) in [5, 5.41) is 3.38. The van der Waals surface area contributed by atoms with E-state index in [4.69, 9.17) is 19.4 Å². The molecular formula is C48H37N3OSi. The second kappa shape index (κ2) is 13.3. The van der Waals surface area contributed by atoms with Gasteiger partial charge in [0.15, 0.2) is 17.5 Å². The highest BCUT2D eigenvalue weighted by Crippen LogP contribution is 2.41. The highest BCUT2D eigenvalue weighted by Gasteiger charge is 2.24. The number of nitrogens with zero attached hydrogens (tertiary/aromatic N) is 3. The quantitative estimate of drug-likeness (QED) is 0.155. The Bertz CT molecular complexity index is 2750. The second-order valence-corrected chi connectivity index (χ2v) is 19.5. The number of hydrogen-bond acceptors (Lipinski definition) is 4. The predicted molar refractivity (Wildman–Crippen MR) is 223 cm³/mol. The molecule has 0 aliphatic carbocycles. The molecule has 9 aromatic rings. The molecule has 4 nitrogen and oxygen atoms in total. The van der Waals surface area contributed by atoms with Crippen molar-refractivity contribution in [3.63, 3.8) is 0 Å². The molecule has 0 spiro atoms. The van der Waals surface area contributed by atoms with Crippen LogP contribution in [0.5, 0.6) is 0 Å². The van der Waals surface area contributed by atoms with E-state index in [1.54, 1.807) is 0 Å². The highest BCUT2D eigenvalue weighted by molar-refractivity contribution is 6.89. The van der Waals surface area contributed by atoms with Gasteiger partial charge in [-0.15, -0.1) is 0 Å². The lowest BCUT2D eigenvalue weighted by Gasteiger charge is -2.22. The zero-order valence-corrected chi connectivity index (χ0v) is 30.9. The lowest BCUT2D eigenvalue weighted by atomic mass is 9.97. The van der Waals surface area contributed by atoms with Crippen LogP contribution in [0, 0.1) is 0 Å². The average molecular weight is 700 g/mol. The van der Waals surface area contributed by atoms with E-state index in [2.05, 4.69) is 153 Å². The van der Waals surface area contributed by atoms with Gasteiger partial charge < -0.3 is 4.42 Å². The van der Waals surface area contributed by atoms with E-state index in [9.17, 15) is 0 Å². The lowest BCUT2D eigenvalue weighted by Crippen LogP contribution is -2.39. The van der Waals surface area contributed by atoms with Gasteiger partial charge in [-0.25, -0.2) is 15.0 Å². The van der Waals surface area contributed by atoms with E-state index < -0.39 is 8.07 Å². The minimum Gasteiger partial charge on any atom is -0.455 e. The van der Waals surface area contributed by atoms with Gasteiger partial charge in [0.25, 0.3) is 0 Å². The average Bonchev–Trinajstić information content (AvgIpc) is 3.60. The molecule has 254 valence electrons. The molecule has 0 aliphatic rings. The van der Waals surface area contributed by atoms with Gasteiger partial charge in [-0.1, -0.05) is 183 Å². The van der Waals surface area contributed by atoms with Crippen molar-refractivity contribution in [1.29, 1.82) is 0 Å². The fourth-order valence-electron chi connectivity index (χ4n) is 7.27. The van der Waals surface area contributed by atoms with Gasteiger partial charge in [-0.3, -0.25) is 0 Å². The molecule has 9 rings (SSSR count). The number of rotatable bonds is 7. The Kier molecular flexibility index (Phi) is 8.13. The molecule has 0 fully saturated rings. The topological polar surface area (TPSA) is 51.8 Å². The van der Waals surface area contributed by atoms with E-state index in [1.807, 2.05) is 36.4 Å². The van der Waals surface area contributed by atoms with Gasteiger partial charge >= 0.3 is 0 Å². The van der Waals surface area contributed by atoms with Gasteiger partial charge in [0.1, 0.15) is 11.2 Å². The second-order valence-electron chi connectivity index (χ2n) is 14.5. The summed E-state index contributed by atoms with van der Waals surface area (Å²) in [6, 6.07) is 59.2. The van der Waals surface area contributed by atoms with E-state index in [0.29, 0.717) is 17.5 Å². The summed E-state index contributed by atoms with van der Waals surface area (Å²) in [5.41, 5.74) is 11.4. The molecule has 0 unspecified atom stereocenters. The van der Waals surface area contributed by atoms with Crippen molar-refractivity contribution >= 4 is 35.2 Å². The smallest absolute Gasteiger partial charge is 0.164 e. The summed E-state index contributed by atoms with van der Waals surface area (Å²) in [5.74, 6) is 1.90. The van der Waals surface area contributed by atoms with Crippen molar-refractivity contribution in [2.45, 2.75) is 19.6 Å². The lowest BCUT2D eigenvalue weighted by molar-refractivity contribution is 0.670. The van der Waals surface area contributed by atoms with Crippen molar-refractivity contribution in [2.75, 3.05) is 0 Å². The van der Waals surface area contributed by atoms with E-state index >= 15 is 0 Å². The number of furan rings is 1. The zero-order chi connectivity index (χ0) is 35.9. The van der Waals surface area contributed by atoms with Gasteiger partial charge in [-0.05, 0) is 39.9 Å². The summed E-state index contributed by atoms with van der Waals surface area (Å²) in [4.78, 5) is 15.5. The Hall–Kier alpha value is -6.43. The fraction of sp³-hybridized carbons (Fsp3) is 0.0625. The Morgan fingerprint density at radius 2 is 0.962 bits per heavy atom. The number of para-hydroxylation sites is 1. The maximum atomic E-state index is 6.72. The number of hydrogen-bond donors (Lipinski definition) is 0. The molecule has 0 atom stereocenters. The first-order valence-electron chi connectivity index (χ1n) is 18.0. The minimum atomic E-state index is -1.78. The third kappa shape index (κ3) is 6.15. The molecule has 7 aromatic carbocycles. The van der Waals surface area contributed by atoms with Crippen LogP contribution in [0.1, 0.15) is 0 Å². The number of fused-ring (bicyclic) bond motifs is 3. The van der Waals surface area contributed by atoms with Gasteiger partial charge in [0, 0.05) is 33.0 Å². The first-order chi connectivity index (χ1) is 25.9. The van der Waals surface area contributed by atoms with Gasteiger partial charge in [-0.2, -0.15) is 0 Å². The largest absolute Gasteiger partial charge is 0.455 e. The third-order valence-electron chi connectivity index (χ3n) is 9.88. The summed E-state index contributed by atoms with van der Waals surface area (Å²) in [6.07, 6.45) is 0. The van der Waals surface area contributed by atoms with Crippen molar-refractivity contribution in [3.05, 3.63) is 170 Å². The molecule has 53 heavy (non-hydrogen) atoms. The zero-order valence-electron chi connectivity index (χ0n) is 29.9. The first kappa shape index (κ1) is 32.5. The predicted octanol–water partition coefficient (Wildman–Crippen LogP) is 12.3. The molecule has 0 aliphatic heterocycles. The molecule has 0 saturated carbocycles. The number of benzene rings is 7. The molecule has 5 heteroatoms. The van der Waals surface area contributed by atoms with Crippen LogP contribution < -0.4 is 5.19 Å². The monoisotopic (exact) mass is 699 g/mol. The normalized spacial score (nSPS) is 11.7. The third-order valence-corrected chi connectivity index (χ3v) is 11.9. The standard InChI is InChI=1S/C48H37N3OSi/c1-53(2,3)43-31-37(28-29-38(43)33-18-9-5-10-19-33)47-49-46(34-20-11-6-12-21-34)50-48(51-47)41-26-15-27-42-44(41)40-25-14-24-39(45(40)52-42)36-23-13-22-35(30-36)32-16-7-4-8-17-32/h4-31H,1-3H3. The molecule has 2 aromatic heterocycles. The van der Waals surface area contributed by atoms with Crippen LogP contribution in [-0.2, 0) is 0 Å². The fourth-order valence-corrected chi connectivity index (χ4v) is 8.90. The summed E-state index contributed by atoms with van der Waals surface area (Å²) in [7, 11) is -1.78. The maximum Gasteiger partial charge on any atom is 0.164 e. The van der Waals surface area contributed by atoms with Crippen LogP contribution >= 0.6 is 0 Å². The summed E-state index contributed by atoms with van der Waals surface area (Å²) >= 11 is 0. The molecule has 0 radical (unpaired) electrons. The molecule has 0 N–H and O–H groups in total. The van der Waals surface area contributed by atoms with Crippen molar-refractivity contribution < 1.29 is 4.42 Å². The molecule has 0 bridgehead atoms. The van der Waals surface area contributed by atoms with Crippen LogP contribution in [0.15, 0.2) is 174 Å². The van der Waals surface area contributed by atoms with Crippen molar-refractivity contribution in [1.82, 2.24) is 15.0 Å². The van der Waals surface area contributed by atoms with Crippen LogP contribution in [0.4, 0.5) is 0 Å². The minimum absolute atomic E-state index is 0.611. The SMILES string of the molecule is C[Si](C)(C)c1cc(-c2nc(-c3ccccc3)nc(-c3cccc4oc5c(-c6cccc(-c7ccccc7)c6)cccc5c34)n2)ccc1-c1ccccc1. The van der Waals surface area contributed by atoms with Gasteiger partial charge in [0.05, 0.1) is 8.07 Å². The van der Waals surface area contributed by atoms with Gasteiger partial charge in [0.2, 0.25) is 0 Å². The molecule has 2 heterocycles. The van der Waals surface area contributed by atoms with Crippen LogP contribution in [0.3, 0.4) is 0 Å². The van der Waals surface area contributed by atoms with E-state index in [1.165, 1.54) is 21.9 Å². The molecule has 0 saturated heterocycles. The highest BCUT2D eigenvalue weighted by atomic mass is 28.3. The summed E-state index contributed by atoms with van der Waals surface area (Å²) in [6.45, 7) is 7.18. The number of aromatic nitrogens is 3. The first-order valence-corrected chi connectivity index (χ1v) is 21.5. The Morgan fingerprint density at radius 3 is 1.68 bits per heavy atom. The van der Waals surface area contributed by atoms with Crippen LogP contribution in [-0.4, -0.2) is 23.0 Å². The molecule has 0 amide bonds. The van der Waals surface area contributed by atoms with Crippen molar-refractivity contribution in [2.24, 2.45) is 0 Å². The van der Waals surface area contributed by atoms with E-state index in [-0.39, 0.29) is 0 Å². The van der Waals surface area contributed by atoms with Crippen molar-refractivity contribution in [3.8, 4) is 67.5 Å². The van der Waals surface area contributed by atoms with E-state index in [0.717, 1.165) is 55.3 Å². The Morgan fingerprint density at radius 1 is 0.396 bits per heavy atom. The Labute approximate surface area is 310 Å². The Balaban J connectivity index is 1.23.